The second-order valence-corrected chi connectivity index (χ2v) is 3.08. The van der Waals surface area contributed by atoms with E-state index in [0.717, 1.165) is 5.75 Å². The molecule has 0 unspecified atom stereocenters. The average molecular weight is 224 g/mol. The Morgan fingerprint density at radius 1 is 1.38 bits per heavy atom. The fourth-order valence-corrected chi connectivity index (χ4v) is 1.15. The van der Waals surface area contributed by atoms with E-state index < -0.39 is 0 Å². The number of methoxy groups -OCH3 is 1. The van der Waals surface area contributed by atoms with Crippen LogP contribution in [0, 0.1) is 0 Å². The van der Waals surface area contributed by atoms with Gasteiger partial charge < -0.3 is 9.47 Å². The van der Waals surface area contributed by atoms with Crippen molar-refractivity contribution in [3.63, 3.8) is 0 Å². The molecule has 5 nitrogen and oxygen atoms in total. The van der Waals surface area contributed by atoms with Crippen LogP contribution in [0.15, 0.2) is 24.3 Å². The second kappa shape index (κ2) is 6.68. The van der Waals surface area contributed by atoms with E-state index in [2.05, 4.69) is 10.9 Å². The summed E-state index contributed by atoms with van der Waals surface area (Å²) < 4.78 is 10.4. The van der Waals surface area contributed by atoms with Crippen molar-refractivity contribution >= 4 is 5.91 Å². The number of amides is 1. The van der Waals surface area contributed by atoms with Crippen LogP contribution < -0.4 is 20.3 Å². The predicted molar refractivity (Wildman–Crippen MR) is 60.3 cm³/mol. The summed E-state index contributed by atoms with van der Waals surface area (Å²) in [6, 6.07) is 7.26. The molecule has 2 N–H and O–H groups in total. The number of carbonyl (C=O) groups excluding carboxylic acids is 1. The molecule has 0 saturated carbocycles. The molecule has 0 aliphatic rings. The van der Waals surface area contributed by atoms with Crippen LogP contribution in [0.3, 0.4) is 0 Å². The smallest absolute Gasteiger partial charge is 0.237 e. The lowest BCUT2D eigenvalue weighted by Gasteiger charge is -2.07. The van der Waals surface area contributed by atoms with Crippen LogP contribution in [-0.4, -0.2) is 26.7 Å². The van der Waals surface area contributed by atoms with Crippen LogP contribution in [0.4, 0.5) is 0 Å². The van der Waals surface area contributed by atoms with Crippen molar-refractivity contribution in [2.75, 3.05) is 20.8 Å². The van der Waals surface area contributed by atoms with Crippen molar-refractivity contribution in [2.24, 2.45) is 0 Å². The van der Waals surface area contributed by atoms with Gasteiger partial charge in [-0.3, -0.25) is 10.2 Å². The number of benzene rings is 1. The summed E-state index contributed by atoms with van der Waals surface area (Å²) in [6.07, 6.45) is 0.304. The Hall–Kier alpha value is -1.75. The topological polar surface area (TPSA) is 59.6 Å². The molecule has 0 radical (unpaired) electrons. The third-order valence-corrected chi connectivity index (χ3v) is 1.90. The van der Waals surface area contributed by atoms with E-state index in [1.54, 1.807) is 20.2 Å². The summed E-state index contributed by atoms with van der Waals surface area (Å²) in [7, 11) is 3.24. The first-order valence-electron chi connectivity index (χ1n) is 4.98. The molecule has 0 heterocycles. The lowest BCUT2D eigenvalue weighted by molar-refractivity contribution is -0.122. The van der Waals surface area contributed by atoms with Crippen molar-refractivity contribution in [3.05, 3.63) is 24.3 Å². The normalized spacial score (nSPS) is 9.62. The Balaban J connectivity index is 2.34. The number of hydrazine groups is 1. The summed E-state index contributed by atoms with van der Waals surface area (Å²) in [5.74, 6) is 1.32. The maximum Gasteiger partial charge on any atom is 0.237 e. The maximum atomic E-state index is 11.1. The van der Waals surface area contributed by atoms with Crippen molar-refractivity contribution in [1.82, 2.24) is 10.9 Å². The molecule has 0 atom stereocenters. The van der Waals surface area contributed by atoms with Crippen molar-refractivity contribution in [3.8, 4) is 11.5 Å². The zero-order valence-corrected chi connectivity index (χ0v) is 9.45. The Labute approximate surface area is 94.7 Å². The SMILES string of the molecule is CNNC(=O)CCOc1cccc(OC)c1. The highest BCUT2D eigenvalue weighted by atomic mass is 16.5. The molecule has 0 aliphatic heterocycles. The molecule has 88 valence electrons. The molecule has 1 rings (SSSR count). The van der Waals surface area contributed by atoms with E-state index in [9.17, 15) is 4.79 Å². The number of hydrogen-bond donors (Lipinski definition) is 2. The molecule has 0 fully saturated rings. The molecule has 1 aromatic rings. The number of nitrogens with one attached hydrogen (secondary N) is 2. The summed E-state index contributed by atoms with van der Waals surface area (Å²) in [6.45, 7) is 0.334. The van der Waals surface area contributed by atoms with E-state index in [-0.39, 0.29) is 5.91 Å². The molecule has 1 aromatic carbocycles. The van der Waals surface area contributed by atoms with Gasteiger partial charge in [0.15, 0.2) is 0 Å². The van der Waals surface area contributed by atoms with Crippen molar-refractivity contribution in [2.45, 2.75) is 6.42 Å². The highest BCUT2D eigenvalue weighted by Gasteiger charge is 2.00. The fourth-order valence-electron chi connectivity index (χ4n) is 1.15. The number of ether oxygens (including phenoxy) is 2. The highest BCUT2D eigenvalue weighted by molar-refractivity contribution is 5.75. The van der Waals surface area contributed by atoms with Gasteiger partial charge in [-0.15, -0.1) is 0 Å². The Morgan fingerprint density at radius 2 is 2.12 bits per heavy atom. The Morgan fingerprint density at radius 3 is 2.81 bits per heavy atom. The summed E-state index contributed by atoms with van der Waals surface area (Å²) in [5, 5.41) is 0. The molecular formula is C11H16N2O3. The first-order chi connectivity index (χ1) is 7.76. The van der Waals surface area contributed by atoms with Gasteiger partial charge in [-0.2, -0.15) is 0 Å². The first kappa shape index (κ1) is 12.3. The molecule has 0 aliphatic carbocycles. The van der Waals surface area contributed by atoms with Crippen LogP contribution in [-0.2, 0) is 4.79 Å². The van der Waals surface area contributed by atoms with E-state index in [1.165, 1.54) is 0 Å². The quantitative estimate of drug-likeness (QED) is 0.699. The summed E-state index contributed by atoms with van der Waals surface area (Å²) in [5.41, 5.74) is 5.02. The van der Waals surface area contributed by atoms with Crippen LogP contribution in [0.25, 0.3) is 0 Å². The third kappa shape index (κ3) is 4.18. The van der Waals surface area contributed by atoms with Crippen LogP contribution in [0.2, 0.25) is 0 Å². The minimum atomic E-state index is -0.106. The van der Waals surface area contributed by atoms with Crippen LogP contribution >= 0.6 is 0 Å². The van der Waals surface area contributed by atoms with Gasteiger partial charge in [0, 0.05) is 13.1 Å². The van der Waals surface area contributed by atoms with Crippen molar-refractivity contribution < 1.29 is 14.3 Å². The molecule has 5 heteroatoms. The second-order valence-electron chi connectivity index (χ2n) is 3.08. The van der Waals surface area contributed by atoms with Gasteiger partial charge >= 0.3 is 0 Å². The Bertz CT molecular complexity index is 342. The van der Waals surface area contributed by atoms with Gasteiger partial charge in [0.25, 0.3) is 0 Å². The first-order valence-corrected chi connectivity index (χ1v) is 4.98. The van der Waals surface area contributed by atoms with Gasteiger partial charge in [-0.1, -0.05) is 6.07 Å². The molecule has 1 amide bonds. The van der Waals surface area contributed by atoms with E-state index >= 15 is 0 Å². The minimum absolute atomic E-state index is 0.106. The third-order valence-electron chi connectivity index (χ3n) is 1.90. The molecule has 0 aromatic heterocycles. The molecule has 0 saturated heterocycles. The zero-order valence-electron chi connectivity index (χ0n) is 9.45. The number of carbonyl (C=O) groups is 1. The van der Waals surface area contributed by atoms with Crippen LogP contribution in [0.1, 0.15) is 6.42 Å². The number of rotatable bonds is 6. The van der Waals surface area contributed by atoms with Gasteiger partial charge in [-0.25, -0.2) is 5.43 Å². The van der Waals surface area contributed by atoms with Crippen LogP contribution in [0.5, 0.6) is 11.5 Å². The highest BCUT2D eigenvalue weighted by Crippen LogP contribution is 2.18. The average Bonchev–Trinajstić information content (AvgIpc) is 2.30. The summed E-state index contributed by atoms with van der Waals surface area (Å²) in [4.78, 5) is 11.1. The van der Waals surface area contributed by atoms with Gasteiger partial charge in [0.1, 0.15) is 11.5 Å². The zero-order chi connectivity index (χ0) is 11.8. The monoisotopic (exact) mass is 224 g/mol. The fraction of sp³-hybridized carbons (Fsp3) is 0.364. The molecule has 0 bridgehead atoms. The molecule has 0 spiro atoms. The summed E-state index contributed by atoms with van der Waals surface area (Å²) >= 11 is 0. The number of hydrogen-bond acceptors (Lipinski definition) is 4. The standard InChI is InChI=1S/C11H16N2O3/c1-12-13-11(14)6-7-16-10-5-3-4-9(8-10)15-2/h3-5,8,12H,6-7H2,1-2H3,(H,13,14). The maximum absolute atomic E-state index is 11.1. The lowest BCUT2D eigenvalue weighted by Crippen LogP contribution is -2.34. The predicted octanol–water partition coefficient (Wildman–Crippen LogP) is 0.715. The van der Waals surface area contributed by atoms with Gasteiger partial charge in [0.2, 0.25) is 5.91 Å². The molecule has 16 heavy (non-hydrogen) atoms. The largest absolute Gasteiger partial charge is 0.497 e. The van der Waals surface area contributed by atoms with E-state index in [4.69, 9.17) is 9.47 Å². The Kier molecular flexibility index (Phi) is 5.15. The van der Waals surface area contributed by atoms with E-state index in [1.807, 2.05) is 18.2 Å². The van der Waals surface area contributed by atoms with Gasteiger partial charge in [-0.05, 0) is 12.1 Å². The van der Waals surface area contributed by atoms with Crippen molar-refractivity contribution in [1.29, 1.82) is 0 Å². The van der Waals surface area contributed by atoms with E-state index in [0.29, 0.717) is 18.8 Å². The van der Waals surface area contributed by atoms with Gasteiger partial charge in [0.05, 0.1) is 20.1 Å². The minimum Gasteiger partial charge on any atom is -0.497 e. The lowest BCUT2D eigenvalue weighted by atomic mass is 10.3. The molecular weight excluding hydrogens is 208 g/mol.